The molecule has 0 saturated heterocycles. The fraction of sp³-hybridized carbons (Fsp3) is 0.0769. The largest absolute Gasteiger partial charge is 0.619 e. The molecule has 20 heavy (non-hydrogen) atoms. The van der Waals surface area contributed by atoms with Gasteiger partial charge in [0.25, 0.3) is 11.7 Å². The van der Waals surface area contributed by atoms with Crippen LogP contribution in [-0.2, 0) is 0 Å². The lowest BCUT2D eigenvalue weighted by Gasteiger charge is -2.10. The highest BCUT2D eigenvalue weighted by Crippen LogP contribution is 2.31. The molecule has 2 aromatic rings. The van der Waals surface area contributed by atoms with E-state index in [4.69, 9.17) is 0 Å². The van der Waals surface area contributed by atoms with Crippen molar-refractivity contribution in [3.63, 3.8) is 0 Å². The summed E-state index contributed by atoms with van der Waals surface area (Å²) in [6.45, 7) is 0. The summed E-state index contributed by atoms with van der Waals surface area (Å²) in [6.07, 6.45) is 2.36. The molecule has 0 radical (unpaired) electrons. The van der Waals surface area contributed by atoms with Gasteiger partial charge in [0, 0.05) is 11.0 Å². The van der Waals surface area contributed by atoms with E-state index >= 15 is 0 Å². The Kier molecular flexibility index (Phi) is 4.52. The summed E-state index contributed by atoms with van der Waals surface area (Å²) < 4.78 is 25.3. The molecule has 2 rings (SSSR count). The lowest BCUT2D eigenvalue weighted by Crippen LogP contribution is -2.27. The maximum Gasteiger partial charge on any atom is 0.288 e. The SMILES string of the molecule is O=C(Nc1ccccc1SC(F)F)c1ccc[n+]([O-])c1. The van der Waals surface area contributed by atoms with Gasteiger partial charge in [0.2, 0.25) is 0 Å². The van der Waals surface area contributed by atoms with E-state index in [1.807, 2.05) is 0 Å². The molecule has 0 bridgehead atoms. The molecular formula is C13H10F2N2O2S. The summed E-state index contributed by atoms with van der Waals surface area (Å²) in [5, 5.41) is 13.6. The highest BCUT2D eigenvalue weighted by Gasteiger charge is 2.14. The number of anilines is 1. The Hall–Kier alpha value is -2.15. The first-order valence-corrected chi connectivity index (χ1v) is 6.48. The van der Waals surface area contributed by atoms with Gasteiger partial charge in [-0.25, -0.2) is 0 Å². The Bertz CT molecular complexity index is 623. The molecule has 0 unspecified atom stereocenters. The van der Waals surface area contributed by atoms with Crippen LogP contribution < -0.4 is 10.0 Å². The number of pyridine rings is 1. The first-order valence-electron chi connectivity index (χ1n) is 5.60. The highest BCUT2D eigenvalue weighted by atomic mass is 32.2. The van der Waals surface area contributed by atoms with Crippen molar-refractivity contribution in [1.82, 2.24) is 0 Å². The number of carbonyl (C=O) groups excluding carboxylic acids is 1. The van der Waals surface area contributed by atoms with Gasteiger partial charge in [-0.2, -0.15) is 13.5 Å². The highest BCUT2D eigenvalue weighted by molar-refractivity contribution is 7.99. The van der Waals surface area contributed by atoms with Crippen molar-refractivity contribution in [3.05, 3.63) is 59.6 Å². The summed E-state index contributed by atoms with van der Waals surface area (Å²) in [6, 6.07) is 9.15. The average molecular weight is 296 g/mol. The van der Waals surface area contributed by atoms with Gasteiger partial charge < -0.3 is 10.5 Å². The number of halogens is 2. The summed E-state index contributed by atoms with van der Waals surface area (Å²) >= 11 is 0.350. The van der Waals surface area contributed by atoms with Crippen molar-refractivity contribution < 1.29 is 18.3 Å². The molecule has 0 aliphatic carbocycles. The second-order valence-electron chi connectivity index (χ2n) is 3.78. The number of nitrogens with one attached hydrogen (secondary N) is 1. The smallest absolute Gasteiger partial charge is 0.288 e. The summed E-state index contributed by atoms with van der Waals surface area (Å²) in [4.78, 5) is 12.2. The predicted molar refractivity (Wildman–Crippen MR) is 71.7 cm³/mol. The molecule has 1 amide bonds. The number of nitrogens with zero attached hydrogens (tertiary/aromatic N) is 1. The third-order valence-electron chi connectivity index (χ3n) is 2.39. The number of benzene rings is 1. The Balaban J connectivity index is 2.19. The van der Waals surface area contributed by atoms with E-state index < -0.39 is 11.7 Å². The normalized spacial score (nSPS) is 10.6. The minimum atomic E-state index is -2.58. The van der Waals surface area contributed by atoms with E-state index in [1.165, 1.54) is 30.5 Å². The molecule has 0 atom stereocenters. The van der Waals surface area contributed by atoms with Gasteiger partial charge in [0.1, 0.15) is 5.56 Å². The van der Waals surface area contributed by atoms with Crippen molar-refractivity contribution in [2.24, 2.45) is 0 Å². The van der Waals surface area contributed by atoms with Crippen LogP contribution in [0, 0.1) is 5.21 Å². The van der Waals surface area contributed by atoms with Crippen molar-refractivity contribution in [3.8, 4) is 0 Å². The third-order valence-corrected chi connectivity index (χ3v) is 3.18. The van der Waals surface area contributed by atoms with Gasteiger partial charge in [-0.05, 0) is 18.2 Å². The molecule has 0 spiro atoms. The second kappa shape index (κ2) is 6.33. The zero-order valence-electron chi connectivity index (χ0n) is 10.1. The molecule has 7 heteroatoms. The number of hydrogen-bond acceptors (Lipinski definition) is 3. The van der Waals surface area contributed by atoms with Crippen molar-refractivity contribution in [1.29, 1.82) is 0 Å². The van der Waals surface area contributed by atoms with Gasteiger partial charge in [-0.3, -0.25) is 4.79 Å². The van der Waals surface area contributed by atoms with Gasteiger partial charge in [-0.15, -0.1) is 0 Å². The van der Waals surface area contributed by atoms with Gasteiger partial charge >= 0.3 is 0 Å². The van der Waals surface area contributed by atoms with Gasteiger partial charge in [0.05, 0.1) is 5.69 Å². The maximum atomic E-state index is 12.4. The van der Waals surface area contributed by atoms with Crippen LogP contribution in [0.15, 0.2) is 53.7 Å². The minimum Gasteiger partial charge on any atom is -0.619 e. The number of aromatic nitrogens is 1. The van der Waals surface area contributed by atoms with E-state index in [1.54, 1.807) is 12.1 Å². The molecule has 1 aromatic heterocycles. The Labute approximate surface area is 118 Å². The summed E-state index contributed by atoms with van der Waals surface area (Å²) in [5.74, 6) is -3.11. The first-order chi connectivity index (χ1) is 9.56. The van der Waals surface area contributed by atoms with Crippen LogP contribution in [0.4, 0.5) is 14.5 Å². The Morgan fingerprint density at radius 3 is 2.70 bits per heavy atom. The quantitative estimate of drug-likeness (QED) is 0.536. The number of amides is 1. The van der Waals surface area contributed by atoms with Gasteiger partial charge in [0.15, 0.2) is 12.4 Å². The fourth-order valence-corrected chi connectivity index (χ4v) is 2.15. The number of alkyl halides is 2. The van der Waals surface area contributed by atoms with Crippen LogP contribution in [-0.4, -0.2) is 11.7 Å². The topological polar surface area (TPSA) is 56.0 Å². The van der Waals surface area contributed by atoms with E-state index in [9.17, 15) is 18.8 Å². The molecule has 1 N–H and O–H groups in total. The van der Waals surface area contributed by atoms with E-state index in [0.717, 1.165) is 6.20 Å². The number of thioether (sulfide) groups is 1. The zero-order valence-corrected chi connectivity index (χ0v) is 10.9. The van der Waals surface area contributed by atoms with Crippen molar-refractivity contribution >= 4 is 23.4 Å². The van der Waals surface area contributed by atoms with E-state index in [-0.39, 0.29) is 16.1 Å². The van der Waals surface area contributed by atoms with Gasteiger partial charge in [-0.1, -0.05) is 23.9 Å². The number of para-hydroxylation sites is 1. The molecule has 0 fully saturated rings. The first kappa shape index (κ1) is 14.3. The Morgan fingerprint density at radius 1 is 1.25 bits per heavy atom. The molecule has 0 saturated carbocycles. The third kappa shape index (κ3) is 3.67. The molecule has 0 aliphatic rings. The number of rotatable bonds is 4. The lowest BCUT2D eigenvalue weighted by atomic mass is 10.2. The Morgan fingerprint density at radius 2 is 2.00 bits per heavy atom. The molecule has 104 valence electrons. The molecular weight excluding hydrogens is 286 g/mol. The number of carbonyl (C=O) groups is 1. The predicted octanol–water partition coefficient (Wildman–Crippen LogP) is 2.89. The monoisotopic (exact) mass is 296 g/mol. The van der Waals surface area contributed by atoms with Crippen LogP contribution in [0.3, 0.4) is 0 Å². The maximum absolute atomic E-state index is 12.4. The average Bonchev–Trinajstić information content (AvgIpc) is 2.40. The molecule has 1 aromatic carbocycles. The summed E-state index contributed by atoms with van der Waals surface area (Å²) in [5.41, 5.74) is 0.434. The molecule has 4 nitrogen and oxygen atoms in total. The van der Waals surface area contributed by atoms with Crippen LogP contribution in [0.2, 0.25) is 0 Å². The second-order valence-corrected chi connectivity index (χ2v) is 4.81. The minimum absolute atomic E-state index is 0.152. The van der Waals surface area contributed by atoms with Crippen molar-refractivity contribution in [2.75, 3.05) is 5.32 Å². The summed E-state index contributed by atoms with van der Waals surface area (Å²) in [7, 11) is 0. The zero-order chi connectivity index (χ0) is 14.5. The molecule has 1 heterocycles. The van der Waals surface area contributed by atoms with E-state index in [2.05, 4.69) is 5.32 Å². The van der Waals surface area contributed by atoms with Crippen LogP contribution in [0.25, 0.3) is 0 Å². The van der Waals surface area contributed by atoms with E-state index in [0.29, 0.717) is 16.5 Å². The van der Waals surface area contributed by atoms with Crippen LogP contribution in [0.5, 0.6) is 0 Å². The molecule has 0 aliphatic heterocycles. The number of hydrogen-bond donors (Lipinski definition) is 1. The fourth-order valence-electron chi connectivity index (χ4n) is 1.55. The standard InChI is InChI=1S/C13H10F2N2O2S/c14-13(15)20-11-6-2-1-5-10(11)16-12(18)9-4-3-7-17(19)8-9/h1-8,13H,(H,16,18). The van der Waals surface area contributed by atoms with Crippen LogP contribution >= 0.6 is 11.8 Å². The lowest BCUT2D eigenvalue weighted by molar-refractivity contribution is -0.605. The van der Waals surface area contributed by atoms with Crippen LogP contribution in [0.1, 0.15) is 10.4 Å². The van der Waals surface area contributed by atoms with Crippen molar-refractivity contribution in [2.45, 2.75) is 10.7 Å².